The maximum absolute atomic E-state index is 12.0. The molecule has 0 radical (unpaired) electrons. The van der Waals surface area contributed by atoms with Crippen LogP contribution < -0.4 is 0 Å². The summed E-state index contributed by atoms with van der Waals surface area (Å²) in [6.07, 6.45) is 0.969. The van der Waals surface area contributed by atoms with Gasteiger partial charge in [-0.2, -0.15) is 5.26 Å². The minimum absolute atomic E-state index is 0.0121. The van der Waals surface area contributed by atoms with Crippen LogP contribution in [-0.4, -0.2) is 43.3 Å². The van der Waals surface area contributed by atoms with Crippen molar-refractivity contribution < 1.29 is 13.2 Å². The zero-order valence-corrected chi connectivity index (χ0v) is 12.8. The number of hydrogen-bond acceptors (Lipinski definition) is 4. The molecular weight excluding hydrogens is 288 g/mol. The number of rotatable bonds is 5. The lowest BCUT2D eigenvalue weighted by molar-refractivity contribution is -0.134. The van der Waals surface area contributed by atoms with Crippen LogP contribution in [0, 0.1) is 11.3 Å². The molecule has 2 rings (SSSR count). The summed E-state index contributed by atoms with van der Waals surface area (Å²) in [6.45, 7) is 2.27. The normalized spacial score (nSPS) is 15.3. The van der Waals surface area contributed by atoms with E-state index in [9.17, 15) is 13.2 Å². The van der Waals surface area contributed by atoms with Crippen molar-refractivity contribution in [2.24, 2.45) is 0 Å². The van der Waals surface area contributed by atoms with Crippen molar-refractivity contribution in [2.75, 3.05) is 18.8 Å². The van der Waals surface area contributed by atoms with Crippen molar-refractivity contribution in [2.45, 2.75) is 25.0 Å². The minimum atomic E-state index is -3.03. The Hall–Kier alpha value is -1.87. The van der Waals surface area contributed by atoms with Crippen molar-refractivity contribution in [3.63, 3.8) is 0 Å². The van der Waals surface area contributed by atoms with Gasteiger partial charge in [0.15, 0.2) is 9.84 Å². The zero-order chi connectivity index (χ0) is 15.5. The van der Waals surface area contributed by atoms with E-state index in [-0.39, 0.29) is 16.9 Å². The highest BCUT2D eigenvalue weighted by atomic mass is 32.2. The molecule has 5 nitrogen and oxygen atoms in total. The molecule has 0 aliphatic carbocycles. The fourth-order valence-electron chi connectivity index (χ4n) is 2.26. The highest BCUT2D eigenvalue weighted by Crippen LogP contribution is 2.18. The summed E-state index contributed by atoms with van der Waals surface area (Å²) >= 11 is 0. The van der Waals surface area contributed by atoms with Crippen LogP contribution >= 0.6 is 0 Å². The summed E-state index contributed by atoms with van der Waals surface area (Å²) in [6, 6.07) is 9.19. The van der Waals surface area contributed by atoms with Gasteiger partial charge in [0.1, 0.15) is 0 Å². The number of nitriles is 1. The van der Waals surface area contributed by atoms with E-state index < -0.39 is 9.84 Å². The molecule has 1 aromatic carbocycles. The number of amides is 1. The van der Waals surface area contributed by atoms with Crippen molar-refractivity contribution in [1.29, 1.82) is 5.26 Å². The van der Waals surface area contributed by atoms with Gasteiger partial charge in [-0.3, -0.25) is 4.79 Å². The van der Waals surface area contributed by atoms with E-state index in [2.05, 4.69) is 0 Å². The lowest BCUT2D eigenvalue weighted by Gasteiger charge is -2.38. The highest BCUT2D eigenvalue weighted by molar-refractivity contribution is 7.92. The molecule has 0 bridgehead atoms. The zero-order valence-electron chi connectivity index (χ0n) is 11.9. The third kappa shape index (κ3) is 3.61. The van der Waals surface area contributed by atoms with E-state index in [0.717, 1.165) is 5.56 Å². The minimum Gasteiger partial charge on any atom is -0.340 e. The summed E-state index contributed by atoms with van der Waals surface area (Å²) in [5.41, 5.74) is 1.60. The van der Waals surface area contributed by atoms with Crippen LogP contribution in [0.1, 0.15) is 24.5 Å². The monoisotopic (exact) mass is 306 g/mol. The van der Waals surface area contributed by atoms with Gasteiger partial charge in [-0.05, 0) is 24.1 Å². The number of carbonyl (C=O) groups is 1. The predicted octanol–water partition coefficient (Wildman–Crippen LogP) is 1.14. The Bertz CT molecular complexity index is 653. The second kappa shape index (κ2) is 6.27. The first-order chi connectivity index (χ1) is 9.96. The Morgan fingerprint density at radius 2 is 1.95 bits per heavy atom. The molecule has 1 aromatic rings. The first kappa shape index (κ1) is 15.5. The van der Waals surface area contributed by atoms with E-state index in [1.165, 1.54) is 0 Å². The molecule has 0 atom stereocenters. The maximum atomic E-state index is 12.0. The van der Waals surface area contributed by atoms with E-state index in [1.54, 1.807) is 24.0 Å². The van der Waals surface area contributed by atoms with E-state index in [0.29, 0.717) is 31.5 Å². The van der Waals surface area contributed by atoms with Gasteiger partial charge >= 0.3 is 0 Å². The molecule has 1 saturated heterocycles. The van der Waals surface area contributed by atoms with Crippen LogP contribution in [0.5, 0.6) is 0 Å². The molecule has 0 saturated carbocycles. The SMILES string of the molecule is CCS(=O)(=O)C1CN(C(=O)CCc2ccc(C#N)cc2)C1. The number of sulfone groups is 1. The van der Waals surface area contributed by atoms with Gasteiger partial charge in [-0.25, -0.2) is 8.42 Å². The number of nitrogens with zero attached hydrogens (tertiary/aromatic N) is 2. The largest absolute Gasteiger partial charge is 0.340 e. The van der Waals surface area contributed by atoms with Gasteiger partial charge in [0, 0.05) is 25.3 Å². The lowest BCUT2D eigenvalue weighted by Crippen LogP contribution is -2.57. The summed E-state index contributed by atoms with van der Waals surface area (Å²) < 4.78 is 23.3. The van der Waals surface area contributed by atoms with E-state index in [4.69, 9.17) is 5.26 Å². The molecule has 1 amide bonds. The van der Waals surface area contributed by atoms with Crippen molar-refractivity contribution in [3.05, 3.63) is 35.4 Å². The third-order valence-corrected chi connectivity index (χ3v) is 5.94. The molecule has 0 N–H and O–H groups in total. The number of hydrogen-bond donors (Lipinski definition) is 0. The highest BCUT2D eigenvalue weighted by Gasteiger charge is 2.38. The van der Waals surface area contributed by atoms with Crippen molar-refractivity contribution >= 4 is 15.7 Å². The van der Waals surface area contributed by atoms with E-state index in [1.807, 2.05) is 18.2 Å². The fourth-order valence-corrected chi connectivity index (χ4v) is 3.55. The second-order valence-electron chi connectivity index (χ2n) is 5.18. The average molecular weight is 306 g/mol. The van der Waals surface area contributed by atoms with Gasteiger partial charge in [0.05, 0.1) is 16.9 Å². The molecule has 0 aromatic heterocycles. The van der Waals surface area contributed by atoms with E-state index >= 15 is 0 Å². The van der Waals surface area contributed by atoms with Crippen LogP contribution in [0.15, 0.2) is 24.3 Å². The number of benzene rings is 1. The fraction of sp³-hybridized carbons (Fsp3) is 0.467. The van der Waals surface area contributed by atoms with Crippen LogP contribution in [0.2, 0.25) is 0 Å². The Labute approximate surface area is 125 Å². The lowest BCUT2D eigenvalue weighted by atomic mass is 10.1. The number of likely N-dealkylation sites (tertiary alicyclic amines) is 1. The number of carbonyl (C=O) groups excluding carboxylic acids is 1. The molecule has 0 unspecified atom stereocenters. The van der Waals surface area contributed by atoms with Crippen molar-refractivity contribution in [3.8, 4) is 6.07 Å². The first-order valence-electron chi connectivity index (χ1n) is 6.94. The summed E-state index contributed by atoms with van der Waals surface area (Å²) in [5.74, 6) is 0.118. The Balaban J connectivity index is 1.80. The number of aryl methyl sites for hydroxylation is 1. The van der Waals surface area contributed by atoms with Crippen LogP contribution in [0.4, 0.5) is 0 Å². The van der Waals surface area contributed by atoms with Gasteiger partial charge in [-0.1, -0.05) is 19.1 Å². The van der Waals surface area contributed by atoms with Gasteiger partial charge in [-0.15, -0.1) is 0 Å². The van der Waals surface area contributed by atoms with Crippen LogP contribution in [0.3, 0.4) is 0 Å². The molecule has 1 fully saturated rings. The van der Waals surface area contributed by atoms with Crippen LogP contribution in [0.25, 0.3) is 0 Å². The van der Waals surface area contributed by atoms with Gasteiger partial charge in [0.2, 0.25) is 5.91 Å². The quantitative estimate of drug-likeness (QED) is 0.817. The summed E-state index contributed by atoms with van der Waals surface area (Å²) in [7, 11) is -3.03. The summed E-state index contributed by atoms with van der Waals surface area (Å²) in [4.78, 5) is 13.6. The Morgan fingerprint density at radius 1 is 1.33 bits per heavy atom. The van der Waals surface area contributed by atoms with Crippen molar-refractivity contribution in [1.82, 2.24) is 4.90 Å². The summed E-state index contributed by atoms with van der Waals surface area (Å²) in [5, 5.41) is 8.32. The first-order valence-corrected chi connectivity index (χ1v) is 8.66. The molecule has 0 spiro atoms. The second-order valence-corrected chi connectivity index (χ2v) is 7.75. The Kier molecular flexibility index (Phi) is 4.63. The molecule has 1 aliphatic rings. The Morgan fingerprint density at radius 3 is 2.48 bits per heavy atom. The molecule has 1 heterocycles. The average Bonchev–Trinajstić information content (AvgIpc) is 2.43. The van der Waals surface area contributed by atoms with Gasteiger partial charge < -0.3 is 4.90 Å². The maximum Gasteiger partial charge on any atom is 0.222 e. The molecule has 21 heavy (non-hydrogen) atoms. The molecule has 6 heteroatoms. The molecule has 1 aliphatic heterocycles. The predicted molar refractivity (Wildman–Crippen MR) is 79.3 cm³/mol. The molecule has 112 valence electrons. The third-order valence-electron chi connectivity index (χ3n) is 3.82. The molecular formula is C15H18N2O3S. The van der Waals surface area contributed by atoms with Crippen LogP contribution in [-0.2, 0) is 21.1 Å². The topological polar surface area (TPSA) is 78.2 Å². The standard InChI is InChI=1S/C15H18N2O3S/c1-2-21(19,20)14-10-17(11-14)15(18)8-7-12-3-5-13(9-16)6-4-12/h3-6,14H,2,7-8,10-11H2,1H3. The van der Waals surface area contributed by atoms with Gasteiger partial charge in [0.25, 0.3) is 0 Å². The smallest absolute Gasteiger partial charge is 0.222 e.